The minimum Gasteiger partial charge on any atom is -1.00 e. The van der Waals surface area contributed by atoms with Crippen molar-refractivity contribution in [3.8, 4) is 5.75 Å². The summed E-state index contributed by atoms with van der Waals surface area (Å²) in [6.07, 6.45) is 6.56. The number of likely N-dealkylation sites (N-methyl/N-ethyl adjacent to an activating group) is 1. The zero-order valence-corrected chi connectivity index (χ0v) is 18.2. The number of para-hydroxylation sites is 1. The van der Waals surface area contributed by atoms with Crippen molar-refractivity contribution in [3.63, 3.8) is 0 Å². The minimum absolute atomic E-state index is 0. The van der Waals surface area contributed by atoms with Gasteiger partial charge in [-0.25, -0.2) is 4.57 Å². The maximum atomic E-state index is 6.77. The van der Waals surface area contributed by atoms with Crippen molar-refractivity contribution in [1.29, 1.82) is 0 Å². The zero-order valence-electron chi connectivity index (χ0n) is 16.0. The molecule has 1 aromatic heterocycles. The second-order valence-electron chi connectivity index (χ2n) is 7.86. The van der Waals surface area contributed by atoms with Gasteiger partial charge in [0.25, 0.3) is 0 Å². The van der Waals surface area contributed by atoms with Crippen LogP contribution in [0.25, 0.3) is 17.0 Å². The lowest BCUT2D eigenvalue weighted by Crippen LogP contribution is -3.00. The number of aromatic nitrogens is 1. The van der Waals surface area contributed by atoms with Crippen molar-refractivity contribution >= 4 is 22.7 Å². The Morgan fingerprint density at radius 3 is 2.56 bits per heavy atom. The summed E-state index contributed by atoms with van der Waals surface area (Å²) in [5.74, 6) is 0.943. The zero-order chi connectivity index (χ0) is 18.1. The third-order valence-corrected chi connectivity index (χ3v) is 6.25. The molecule has 138 valence electrons. The normalized spacial score (nSPS) is 21.6. The van der Waals surface area contributed by atoms with Gasteiger partial charge < -0.3 is 33.6 Å². The van der Waals surface area contributed by atoms with Gasteiger partial charge in [-0.05, 0) is 49.8 Å². The van der Waals surface area contributed by atoms with Crippen LogP contribution in [0.1, 0.15) is 25.0 Å². The molecule has 0 bridgehead atoms. The van der Waals surface area contributed by atoms with Crippen LogP contribution >= 0.6 is 0 Å². The predicted molar refractivity (Wildman–Crippen MR) is 105 cm³/mol. The van der Waals surface area contributed by atoms with Gasteiger partial charge in [0.05, 0.1) is 10.8 Å². The molecule has 3 nitrogen and oxygen atoms in total. The van der Waals surface area contributed by atoms with Gasteiger partial charge in [-0.15, -0.1) is 0 Å². The predicted octanol–water partition coefficient (Wildman–Crippen LogP) is 1.20. The highest BCUT2D eigenvalue weighted by Gasteiger charge is 2.57. The first-order valence-corrected chi connectivity index (χ1v) is 9.09. The molecule has 2 aromatic carbocycles. The van der Waals surface area contributed by atoms with Crippen LogP contribution < -0.4 is 38.2 Å². The molecular formula is C23H23IN2O. The van der Waals surface area contributed by atoms with E-state index in [1.54, 1.807) is 0 Å². The Balaban J connectivity index is 0.00000180. The summed E-state index contributed by atoms with van der Waals surface area (Å²) < 4.78 is 8.92. The van der Waals surface area contributed by atoms with Crippen molar-refractivity contribution in [1.82, 2.24) is 0 Å². The van der Waals surface area contributed by atoms with E-state index in [0.717, 1.165) is 11.3 Å². The summed E-state index contributed by atoms with van der Waals surface area (Å²) in [4.78, 5) is 2.27. The van der Waals surface area contributed by atoms with Crippen LogP contribution in [0.4, 0.5) is 5.69 Å². The van der Waals surface area contributed by atoms with Crippen molar-refractivity contribution in [3.05, 3.63) is 71.9 Å². The van der Waals surface area contributed by atoms with E-state index in [2.05, 4.69) is 104 Å². The van der Waals surface area contributed by atoms with Gasteiger partial charge in [0.1, 0.15) is 12.8 Å². The van der Waals surface area contributed by atoms with Crippen molar-refractivity contribution < 1.29 is 33.3 Å². The quantitative estimate of drug-likeness (QED) is 0.363. The van der Waals surface area contributed by atoms with E-state index < -0.39 is 5.72 Å². The molecule has 4 heteroatoms. The molecule has 3 aromatic rings. The molecule has 0 aliphatic carbocycles. The van der Waals surface area contributed by atoms with Gasteiger partial charge in [0.15, 0.2) is 6.20 Å². The number of aryl methyl sites for hydroxylation is 1. The average molecular weight is 470 g/mol. The van der Waals surface area contributed by atoms with Crippen molar-refractivity contribution in [2.24, 2.45) is 7.05 Å². The Morgan fingerprint density at radius 2 is 1.78 bits per heavy atom. The Bertz CT molecular complexity index is 1090. The fraction of sp³-hybridized carbons (Fsp3) is 0.261. The fourth-order valence-electron chi connectivity index (χ4n) is 4.70. The van der Waals surface area contributed by atoms with Crippen LogP contribution in [-0.2, 0) is 12.5 Å². The number of benzene rings is 2. The van der Waals surface area contributed by atoms with E-state index in [1.165, 1.54) is 22.2 Å². The Hall–Kier alpha value is -2.08. The number of hydrogen-bond acceptors (Lipinski definition) is 2. The molecule has 0 saturated heterocycles. The first-order chi connectivity index (χ1) is 12.5. The second-order valence-corrected chi connectivity index (χ2v) is 7.86. The molecule has 1 atom stereocenters. The third-order valence-electron chi connectivity index (χ3n) is 6.25. The summed E-state index contributed by atoms with van der Waals surface area (Å²) in [6, 6.07) is 17.1. The largest absolute Gasteiger partial charge is 1.00 e. The molecule has 0 N–H and O–H groups in total. The highest BCUT2D eigenvalue weighted by Crippen LogP contribution is 2.54. The summed E-state index contributed by atoms with van der Waals surface area (Å²) in [5.41, 5.74) is 4.24. The van der Waals surface area contributed by atoms with Crippen molar-refractivity contribution in [2.45, 2.75) is 25.0 Å². The van der Waals surface area contributed by atoms with Gasteiger partial charge in [-0.1, -0.05) is 18.2 Å². The molecular weight excluding hydrogens is 447 g/mol. The first kappa shape index (κ1) is 18.3. The smallest absolute Gasteiger partial charge is 0.213 e. The highest BCUT2D eigenvalue weighted by molar-refractivity contribution is 5.90. The van der Waals surface area contributed by atoms with Gasteiger partial charge in [0.2, 0.25) is 11.2 Å². The van der Waals surface area contributed by atoms with Crippen LogP contribution in [0.15, 0.2) is 60.8 Å². The number of nitrogens with zero attached hydrogens (tertiary/aromatic N) is 2. The molecule has 0 saturated carbocycles. The van der Waals surface area contributed by atoms with E-state index in [4.69, 9.17) is 4.74 Å². The number of rotatable bonds is 0. The van der Waals surface area contributed by atoms with Crippen LogP contribution in [0.5, 0.6) is 5.75 Å². The Kier molecular flexibility index (Phi) is 4.04. The van der Waals surface area contributed by atoms with Crippen molar-refractivity contribution in [2.75, 3.05) is 11.9 Å². The van der Waals surface area contributed by atoms with E-state index in [1.807, 2.05) is 0 Å². The molecule has 0 fully saturated rings. The molecule has 0 amide bonds. The van der Waals surface area contributed by atoms with Crippen LogP contribution in [0.3, 0.4) is 0 Å². The number of hydrogen-bond donors (Lipinski definition) is 0. The summed E-state index contributed by atoms with van der Waals surface area (Å²) in [5, 5.41) is 1.22. The molecule has 1 unspecified atom stereocenters. The number of fused-ring (bicyclic) bond motifs is 4. The van der Waals surface area contributed by atoms with Crippen LogP contribution in [0, 0.1) is 0 Å². The summed E-state index contributed by atoms with van der Waals surface area (Å²) >= 11 is 0. The molecule has 1 spiro atoms. The average Bonchev–Trinajstić information content (AvgIpc) is 2.81. The number of halogens is 1. The van der Waals surface area contributed by atoms with Crippen LogP contribution in [0.2, 0.25) is 0 Å². The molecule has 2 aliphatic rings. The van der Waals surface area contributed by atoms with Gasteiger partial charge in [0, 0.05) is 30.4 Å². The molecule has 0 radical (unpaired) electrons. The number of pyridine rings is 1. The fourth-order valence-corrected chi connectivity index (χ4v) is 4.70. The molecule has 2 aliphatic heterocycles. The molecule has 5 rings (SSSR count). The standard InChI is InChI=1S/C23H23N2O.HI/c1-22(2)18-9-5-6-10-20(18)25(4)23(22)14-13-17-16-8-7-15-24(3)19(16)11-12-21(17)26-23;/h5-15H,1-4H3;1H/q+1;/p-1. The maximum Gasteiger partial charge on any atom is 0.213 e. The Labute approximate surface area is 177 Å². The van der Waals surface area contributed by atoms with E-state index >= 15 is 0 Å². The minimum atomic E-state index is -0.520. The Morgan fingerprint density at radius 1 is 1.00 bits per heavy atom. The lowest BCUT2D eigenvalue weighted by atomic mass is 9.76. The SMILES string of the molecule is CN1c2ccccc2C(C)(C)C12C=Cc1c(ccc3c1ccc[n+]3C)O2.[I-]. The first-order valence-electron chi connectivity index (χ1n) is 9.09. The lowest BCUT2D eigenvalue weighted by Gasteiger charge is -2.45. The lowest BCUT2D eigenvalue weighted by molar-refractivity contribution is -0.644. The van der Waals surface area contributed by atoms with E-state index in [0.29, 0.717) is 0 Å². The monoisotopic (exact) mass is 470 g/mol. The molecule has 27 heavy (non-hydrogen) atoms. The van der Waals surface area contributed by atoms with E-state index in [9.17, 15) is 0 Å². The van der Waals surface area contributed by atoms with Gasteiger partial charge in [-0.3, -0.25) is 0 Å². The third kappa shape index (κ3) is 2.22. The van der Waals surface area contributed by atoms with E-state index in [-0.39, 0.29) is 29.4 Å². The van der Waals surface area contributed by atoms with Gasteiger partial charge >= 0.3 is 0 Å². The highest BCUT2D eigenvalue weighted by atomic mass is 127. The molecule has 3 heterocycles. The summed E-state index contributed by atoms with van der Waals surface area (Å²) in [6.45, 7) is 4.54. The topological polar surface area (TPSA) is 16.4 Å². The van der Waals surface area contributed by atoms with Crippen LogP contribution in [-0.4, -0.2) is 12.8 Å². The second kappa shape index (κ2) is 5.96. The number of anilines is 1. The van der Waals surface area contributed by atoms with Gasteiger partial charge in [-0.2, -0.15) is 0 Å². The summed E-state index contributed by atoms with van der Waals surface area (Å²) in [7, 11) is 4.21. The number of ether oxygens (including phenoxy) is 1. The maximum absolute atomic E-state index is 6.77.